The van der Waals surface area contributed by atoms with Crippen LogP contribution in [0, 0.1) is 5.82 Å². The van der Waals surface area contributed by atoms with Crippen LogP contribution in [0.5, 0.6) is 0 Å². The minimum Gasteiger partial charge on any atom is -0.342 e. The summed E-state index contributed by atoms with van der Waals surface area (Å²) in [7, 11) is 1.99. The van der Waals surface area contributed by atoms with Gasteiger partial charge in [0.25, 0.3) is 5.92 Å². The van der Waals surface area contributed by atoms with Gasteiger partial charge in [0.15, 0.2) is 5.13 Å². The molecule has 5 heterocycles. The first-order valence-electron chi connectivity index (χ1n) is 13.5. The van der Waals surface area contributed by atoms with Gasteiger partial charge < -0.3 is 9.80 Å². The van der Waals surface area contributed by atoms with Crippen LogP contribution in [0.1, 0.15) is 36.9 Å². The molecule has 0 radical (unpaired) electrons. The molecule has 0 N–H and O–H groups in total. The molecule has 4 aromatic rings. The van der Waals surface area contributed by atoms with Crippen molar-refractivity contribution < 1.29 is 18.0 Å². The monoisotopic (exact) mass is 568 g/mol. The predicted octanol–water partition coefficient (Wildman–Crippen LogP) is 5.58. The minimum atomic E-state index is -2.66. The van der Waals surface area contributed by atoms with Crippen molar-refractivity contribution in [2.24, 2.45) is 0 Å². The number of fused-ring (bicyclic) bond motifs is 1. The standard InChI is InChI=1S/C29H31F3N6OS/c1-3-23-27(35(2)28-34-24(16-40-28)20-4-7-22(30)8-5-20)38-14-21(6-9-25(38)33-23)19-10-12-37(13-11-19)26(39)15-36-17-29(31,32)18-36/h4-9,14,16,19H,3,10-13,15,17-18H2,1-2H3. The Morgan fingerprint density at radius 1 is 1.10 bits per heavy atom. The number of alkyl halides is 2. The predicted molar refractivity (Wildman–Crippen MR) is 150 cm³/mol. The summed E-state index contributed by atoms with van der Waals surface area (Å²) in [5, 5.41) is 2.79. The van der Waals surface area contributed by atoms with Gasteiger partial charge in [-0.25, -0.2) is 23.1 Å². The van der Waals surface area contributed by atoms with E-state index in [1.54, 1.807) is 17.0 Å². The molecule has 11 heteroatoms. The topological polar surface area (TPSA) is 57.0 Å². The Bertz CT molecular complexity index is 1520. The fourth-order valence-electron chi connectivity index (χ4n) is 5.67. The molecule has 3 aromatic heterocycles. The van der Waals surface area contributed by atoms with Gasteiger partial charge in [-0.2, -0.15) is 0 Å². The molecule has 0 spiro atoms. The summed E-state index contributed by atoms with van der Waals surface area (Å²) in [4.78, 5) is 27.7. The number of thiazole rings is 1. The minimum absolute atomic E-state index is 0.0658. The zero-order valence-electron chi connectivity index (χ0n) is 22.5. The van der Waals surface area contributed by atoms with Gasteiger partial charge in [-0.05, 0) is 61.1 Å². The summed E-state index contributed by atoms with van der Waals surface area (Å²) >= 11 is 1.53. The van der Waals surface area contributed by atoms with Crippen LogP contribution in [-0.2, 0) is 11.2 Å². The lowest BCUT2D eigenvalue weighted by Gasteiger charge is -2.40. The SMILES string of the molecule is CCc1nc2ccc(C3CCN(C(=O)CN4CC(F)(F)C4)CC3)cn2c1N(C)c1nc(-c2ccc(F)cc2)cs1. The highest BCUT2D eigenvalue weighted by atomic mass is 32.1. The van der Waals surface area contributed by atoms with Gasteiger partial charge in [-0.1, -0.05) is 13.0 Å². The van der Waals surface area contributed by atoms with E-state index in [1.165, 1.54) is 33.9 Å². The lowest BCUT2D eigenvalue weighted by molar-refractivity contribution is -0.151. The molecule has 2 aliphatic heterocycles. The molecule has 0 aliphatic carbocycles. The molecular formula is C29H31F3N6OS. The highest BCUT2D eigenvalue weighted by molar-refractivity contribution is 7.14. The van der Waals surface area contributed by atoms with Crippen molar-refractivity contribution in [2.45, 2.75) is 38.0 Å². The zero-order valence-corrected chi connectivity index (χ0v) is 23.3. The Kier molecular flexibility index (Phi) is 7.03. The highest BCUT2D eigenvalue weighted by Crippen LogP contribution is 2.35. The number of imidazole rings is 1. The van der Waals surface area contributed by atoms with E-state index in [-0.39, 0.29) is 37.3 Å². The number of piperidine rings is 1. The Morgan fingerprint density at radius 2 is 1.82 bits per heavy atom. The third-order valence-electron chi connectivity index (χ3n) is 7.85. The van der Waals surface area contributed by atoms with Crippen molar-refractivity contribution in [3.63, 3.8) is 0 Å². The summed E-state index contributed by atoms with van der Waals surface area (Å²) in [6, 6.07) is 10.5. The lowest BCUT2D eigenvalue weighted by Crippen LogP contribution is -2.59. The smallest absolute Gasteiger partial charge is 0.272 e. The number of aryl methyl sites for hydroxylation is 1. The molecule has 1 aromatic carbocycles. The molecule has 2 fully saturated rings. The fourth-order valence-corrected chi connectivity index (χ4v) is 6.47. The first kappa shape index (κ1) is 26.8. The van der Waals surface area contributed by atoms with Crippen molar-refractivity contribution in [2.75, 3.05) is 44.7 Å². The Balaban J connectivity index is 1.19. The van der Waals surface area contributed by atoms with E-state index in [9.17, 15) is 18.0 Å². The number of pyridine rings is 1. The van der Waals surface area contributed by atoms with Crippen LogP contribution >= 0.6 is 11.3 Å². The third-order valence-corrected chi connectivity index (χ3v) is 8.76. The molecular weight excluding hydrogens is 537 g/mol. The molecule has 2 aliphatic rings. The summed E-state index contributed by atoms with van der Waals surface area (Å²) in [6.45, 7) is 2.73. The first-order chi connectivity index (χ1) is 19.2. The molecule has 2 saturated heterocycles. The molecule has 40 heavy (non-hydrogen) atoms. The van der Waals surface area contributed by atoms with Crippen LogP contribution < -0.4 is 4.90 Å². The van der Waals surface area contributed by atoms with E-state index in [1.807, 2.05) is 18.5 Å². The van der Waals surface area contributed by atoms with Crippen molar-refractivity contribution in [1.82, 2.24) is 24.2 Å². The molecule has 210 valence electrons. The maximum Gasteiger partial charge on any atom is 0.272 e. The van der Waals surface area contributed by atoms with E-state index in [4.69, 9.17) is 9.97 Å². The molecule has 0 unspecified atom stereocenters. The number of hydrogen-bond acceptors (Lipinski definition) is 6. The lowest BCUT2D eigenvalue weighted by atomic mass is 9.90. The zero-order chi connectivity index (χ0) is 28.0. The second-order valence-corrected chi connectivity index (χ2v) is 11.5. The number of aromatic nitrogens is 3. The number of carbonyl (C=O) groups is 1. The van der Waals surface area contributed by atoms with Crippen LogP contribution in [0.25, 0.3) is 16.9 Å². The molecule has 0 bridgehead atoms. The molecule has 1 amide bonds. The van der Waals surface area contributed by atoms with Gasteiger partial charge in [0.2, 0.25) is 5.91 Å². The van der Waals surface area contributed by atoms with Crippen LogP contribution in [0.15, 0.2) is 48.0 Å². The average Bonchev–Trinajstić information content (AvgIpc) is 3.57. The molecule has 7 nitrogen and oxygen atoms in total. The van der Waals surface area contributed by atoms with E-state index >= 15 is 0 Å². The van der Waals surface area contributed by atoms with Gasteiger partial charge in [-0.3, -0.25) is 14.1 Å². The number of rotatable bonds is 7. The number of anilines is 2. The van der Waals surface area contributed by atoms with Crippen molar-refractivity contribution in [3.8, 4) is 11.3 Å². The summed E-state index contributed by atoms with van der Waals surface area (Å²) < 4.78 is 41.7. The summed E-state index contributed by atoms with van der Waals surface area (Å²) in [5.41, 5.74) is 4.67. The maximum absolute atomic E-state index is 13.4. The fraction of sp³-hybridized carbons (Fsp3) is 0.414. The van der Waals surface area contributed by atoms with E-state index in [0.717, 1.165) is 52.8 Å². The summed E-state index contributed by atoms with van der Waals surface area (Å²) in [5.74, 6) is -1.76. The van der Waals surface area contributed by atoms with Crippen LogP contribution in [0.3, 0.4) is 0 Å². The Labute approximate surface area is 234 Å². The van der Waals surface area contributed by atoms with Gasteiger partial charge in [0.1, 0.15) is 17.3 Å². The van der Waals surface area contributed by atoms with E-state index < -0.39 is 5.92 Å². The van der Waals surface area contributed by atoms with Gasteiger partial charge in [0, 0.05) is 37.3 Å². The van der Waals surface area contributed by atoms with Crippen molar-refractivity contribution in [3.05, 3.63) is 65.0 Å². The number of carbonyl (C=O) groups excluding carboxylic acids is 1. The second-order valence-electron chi connectivity index (χ2n) is 10.7. The normalized spacial score (nSPS) is 17.8. The number of hydrogen-bond donors (Lipinski definition) is 0. The van der Waals surface area contributed by atoms with Crippen molar-refractivity contribution in [1.29, 1.82) is 0 Å². The van der Waals surface area contributed by atoms with Gasteiger partial charge >= 0.3 is 0 Å². The van der Waals surface area contributed by atoms with Gasteiger partial charge in [-0.15, -0.1) is 11.3 Å². The van der Waals surface area contributed by atoms with E-state index in [0.29, 0.717) is 13.1 Å². The quantitative estimate of drug-likeness (QED) is 0.291. The van der Waals surface area contributed by atoms with Crippen LogP contribution in [-0.4, -0.2) is 75.8 Å². The maximum atomic E-state index is 13.4. The average molecular weight is 569 g/mol. The van der Waals surface area contributed by atoms with Crippen LogP contribution in [0.2, 0.25) is 0 Å². The summed E-state index contributed by atoms with van der Waals surface area (Å²) in [6.07, 6.45) is 4.55. The molecule has 6 rings (SSSR count). The Morgan fingerprint density at radius 3 is 2.50 bits per heavy atom. The number of nitrogens with zero attached hydrogens (tertiary/aromatic N) is 6. The molecule has 0 saturated carbocycles. The van der Waals surface area contributed by atoms with Crippen LogP contribution in [0.4, 0.5) is 24.1 Å². The third kappa shape index (κ3) is 5.19. The number of amides is 1. The number of halogens is 3. The molecule has 0 atom stereocenters. The number of benzene rings is 1. The highest BCUT2D eigenvalue weighted by Gasteiger charge is 2.44. The largest absolute Gasteiger partial charge is 0.342 e. The second kappa shape index (κ2) is 10.5. The van der Waals surface area contributed by atoms with Crippen molar-refractivity contribution >= 4 is 33.8 Å². The van der Waals surface area contributed by atoms with Gasteiger partial charge in [0.05, 0.1) is 31.0 Å². The van der Waals surface area contributed by atoms with E-state index in [2.05, 4.69) is 28.5 Å². The number of likely N-dealkylation sites (tertiary alicyclic amines) is 2. The Hall–Kier alpha value is -3.44. The first-order valence-corrected chi connectivity index (χ1v) is 14.4.